The highest BCUT2D eigenvalue weighted by molar-refractivity contribution is 5.98. The fourth-order valence-corrected chi connectivity index (χ4v) is 2.41. The first-order chi connectivity index (χ1) is 14.2. The molecule has 0 aliphatic carbocycles. The van der Waals surface area contributed by atoms with Gasteiger partial charge in [0.2, 0.25) is 0 Å². The van der Waals surface area contributed by atoms with Gasteiger partial charge in [0.05, 0.1) is 42.1 Å². The van der Waals surface area contributed by atoms with E-state index in [2.05, 4.69) is 5.32 Å². The predicted molar refractivity (Wildman–Crippen MR) is 110 cm³/mol. The van der Waals surface area contributed by atoms with E-state index in [1.54, 1.807) is 24.3 Å². The molecule has 2 aromatic rings. The number of nitrogens with one attached hydrogen (secondary N) is 1. The van der Waals surface area contributed by atoms with Crippen molar-refractivity contribution in [2.75, 3.05) is 12.4 Å². The molecular formula is C21H24N2O7. The molecule has 0 aliphatic heterocycles. The molecule has 2 aromatic carbocycles. The van der Waals surface area contributed by atoms with Gasteiger partial charge in [-0.15, -0.1) is 0 Å². The molecule has 1 amide bonds. The van der Waals surface area contributed by atoms with E-state index < -0.39 is 22.9 Å². The van der Waals surface area contributed by atoms with Crippen molar-refractivity contribution in [1.29, 1.82) is 0 Å². The van der Waals surface area contributed by atoms with Gasteiger partial charge in [-0.3, -0.25) is 14.9 Å². The Morgan fingerprint density at radius 1 is 1.10 bits per heavy atom. The smallest absolute Gasteiger partial charge is 0.338 e. The number of carbonyl (C=O) groups is 2. The topological polar surface area (TPSA) is 117 Å². The minimum Gasteiger partial charge on any atom is -0.494 e. The molecule has 0 heterocycles. The van der Waals surface area contributed by atoms with Gasteiger partial charge in [-0.1, -0.05) is 12.1 Å². The van der Waals surface area contributed by atoms with Gasteiger partial charge in [-0.2, -0.15) is 0 Å². The highest BCUT2D eigenvalue weighted by Crippen LogP contribution is 2.29. The van der Waals surface area contributed by atoms with Crippen molar-refractivity contribution in [1.82, 2.24) is 0 Å². The lowest BCUT2D eigenvalue weighted by molar-refractivity contribution is -0.384. The van der Waals surface area contributed by atoms with E-state index >= 15 is 0 Å². The van der Waals surface area contributed by atoms with Crippen molar-refractivity contribution < 1.29 is 28.7 Å². The van der Waals surface area contributed by atoms with E-state index in [1.165, 1.54) is 32.2 Å². The van der Waals surface area contributed by atoms with Gasteiger partial charge in [0.15, 0.2) is 6.10 Å². The zero-order chi connectivity index (χ0) is 22.3. The van der Waals surface area contributed by atoms with Gasteiger partial charge >= 0.3 is 5.97 Å². The SMILES string of the molecule is COc1cc([N+](=O)[O-])ccc1NC(=O)[C@@H](C)OC(=O)c1ccc(COC(C)C)cc1. The molecule has 0 saturated heterocycles. The highest BCUT2D eigenvalue weighted by Gasteiger charge is 2.21. The molecule has 1 N–H and O–H groups in total. The number of methoxy groups -OCH3 is 1. The number of ether oxygens (including phenoxy) is 3. The maximum absolute atomic E-state index is 12.4. The summed E-state index contributed by atoms with van der Waals surface area (Å²) in [5.41, 5.74) is 1.27. The van der Waals surface area contributed by atoms with Crippen LogP contribution < -0.4 is 10.1 Å². The van der Waals surface area contributed by atoms with Crippen LogP contribution in [0.3, 0.4) is 0 Å². The molecule has 0 fully saturated rings. The number of hydrogen-bond acceptors (Lipinski definition) is 7. The highest BCUT2D eigenvalue weighted by atomic mass is 16.6. The van der Waals surface area contributed by atoms with E-state index in [0.717, 1.165) is 5.56 Å². The molecule has 0 spiro atoms. The monoisotopic (exact) mass is 416 g/mol. The van der Waals surface area contributed by atoms with Crippen molar-refractivity contribution in [3.8, 4) is 5.75 Å². The van der Waals surface area contributed by atoms with Crippen LogP contribution in [0.5, 0.6) is 5.75 Å². The molecule has 0 unspecified atom stereocenters. The Hall–Kier alpha value is -3.46. The Kier molecular flexibility index (Phi) is 7.88. The lowest BCUT2D eigenvalue weighted by Gasteiger charge is -2.15. The molecular weight excluding hydrogens is 392 g/mol. The minimum atomic E-state index is -1.10. The van der Waals surface area contributed by atoms with Crippen LogP contribution in [0.2, 0.25) is 0 Å². The number of anilines is 1. The van der Waals surface area contributed by atoms with Crippen molar-refractivity contribution >= 4 is 23.3 Å². The lowest BCUT2D eigenvalue weighted by Crippen LogP contribution is -2.30. The molecule has 0 saturated carbocycles. The lowest BCUT2D eigenvalue weighted by atomic mass is 10.1. The molecule has 1 atom stereocenters. The van der Waals surface area contributed by atoms with Gasteiger partial charge in [0, 0.05) is 6.07 Å². The Balaban J connectivity index is 1.98. The average molecular weight is 416 g/mol. The van der Waals surface area contributed by atoms with Crippen LogP contribution in [0.25, 0.3) is 0 Å². The second-order valence-corrected chi connectivity index (χ2v) is 6.74. The summed E-state index contributed by atoms with van der Waals surface area (Å²) in [5, 5.41) is 13.4. The van der Waals surface area contributed by atoms with Crippen LogP contribution >= 0.6 is 0 Å². The third-order valence-corrected chi connectivity index (χ3v) is 4.08. The van der Waals surface area contributed by atoms with Crippen molar-refractivity contribution in [2.24, 2.45) is 0 Å². The Morgan fingerprint density at radius 3 is 2.33 bits per heavy atom. The zero-order valence-corrected chi connectivity index (χ0v) is 17.2. The summed E-state index contributed by atoms with van der Waals surface area (Å²) in [5.74, 6) is -1.13. The van der Waals surface area contributed by atoms with Gasteiger partial charge in [0.25, 0.3) is 11.6 Å². The van der Waals surface area contributed by atoms with Crippen molar-refractivity contribution in [3.05, 3.63) is 63.7 Å². The van der Waals surface area contributed by atoms with E-state index in [-0.39, 0.29) is 23.2 Å². The standard InChI is InChI=1S/C21H24N2O7/c1-13(2)29-12-15-5-7-16(8-6-15)21(25)30-14(3)20(24)22-18-10-9-17(23(26)27)11-19(18)28-4/h5-11,13-14H,12H2,1-4H3,(H,22,24)/t14-/m1/s1. The predicted octanol–water partition coefficient (Wildman–Crippen LogP) is 3.71. The molecule has 0 bridgehead atoms. The number of nitrogens with zero attached hydrogens (tertiary/aromatic N) is 1. The third-order valence-electron chi connectivity index (χ3n) is 4.08. The van der Waals surface area contributed by atoms with Crippen LogP contribution in [-0.2, 0) is 20.9 Å². The number of non-ortho nitro benzene ring substituents is 1. The van der Waals surface area contributed by atoms with Crippen LogP contribution in [0.4, 0.5) is 11.4 Å². The summed E-state index contributed by atoms with van der Waals surface area (Å²) in [7, 11) is 1.33. The normalized spacial score (nSPS) is 11.6. The first kappa shape index (κ1) is 22.8. The number of rotatable bonds is 9. The van der Waals surface area contributed by atoms with E-state index in [4.69, 9.17) is 14.2 Å². The first-order valence-electron chi connectivity index (χ1n) is 9.26. The van der Waals surface area contributed by atoms with E-state index in [1.807, 2.05) is 13.8 Å². The van der Waals surface area contributed by atoms with Crippen LogP contribution in [0.15, 0.2) is 42.5 Å². The quantitative estimate of drug-likeness (QED) is 0.376. The van der Waals surface area contributed by atoms with Gasteiger partial charge in [0.1, 0.15) is 5.75 Å². The number of nitro groups is 1. The second-order valence-electron chi connectivity index (χ2n) is 6.74. The summed E-state index contributed by atoms with van der Waals surface area (Å²) in [4.78, 5) is 35.0. The van der Waals surface area contributed by atoms with Gasteiger partial charge in [-0.05, 0) is 44.5 Å². The third kappa shape index (κ3) is 6.28. The molecule has 0 aliphatic rings. The summed E-state index contributed by atoms with van der Waals surface area (Å²) >= 11 is 0. The fourth-order valence-electron chi connectivity index (χ4n) is 2.41. The molecule has 0 radical (unpaired) electrons. The molecule has 2 rings (SSSR count). The number of esters is 1. The summed E-state index contributed by atoms with van der Waals surface area (Å²) in [6.45, 7) is 5.73. The molecule has 0 aromatic heterocycles. The number of nitro benzene ring substituents is 1. The summed E-state index contributed by atoms with van der Waals surface area (Å²) in [6.07, 6.45) is -0.996. The number of benzene rings is 2. The zero-order valence-electron chi connectivity index (χ0n) is 17.2. The van der Waals surface area contributed by atoms with Gasteiger partial charge in [-0.25, -0.2) is 4.79 Å². The largest absolute Gasteiger partial charge is 0.494 e. The van der Waals surface area contributed by atoms with Crippen molar-refractivity contribution in [3.63, 3.8) is 0 Å². The summed E-state index contributed by atoms with van der Waals surface area (Å²) in [6, 6.07) is 10.5. The second kappa shape index (κ2) is 10.4. The van der Waals surface area contributed by atoms with E-state index in [9.17, 15) is 19.7 Å². The van der Waals surface area contributed by atoms with Crippen LogP contribution in [0, 0.1) is 10.1 Å². The number of hydrogen-bond donors (Lipinski definition) is 1. The fraction of sp³-hybridized carbons (Fsp3) is 0.333. The molecule has 30 heavy (non-hydrogen) atoms. The molecule has 160 valence electrons. The first-order valence-corrected chi connectivity index (χ1v) is 9.26. The number of carbonyl (C=O) groups excluding carboxylic acids is 2. The Labute approximate surface area is 174 Å². The Morgan fingerprint density at radius 2 is 1.77 bits per heavy atom. The van der Waals surface area contributed by atoms with E-state index in [0.29, 0.717) is 12.2 Å². The summed E-state index contributed by atoms with van der Waals surface area (Å²) < 4.78 is 15.8. The minimum absolute atomic E-state index is 0.100. The van der Waals surface area contributed by atoms with Gasteiger partial charge < -0.3 is 19.5 Å². The maximum Gasteiger partial charge on any atom is 0.338 e. The van der Waals surface area contributed by atoms with Crippen molar-refractivity contribution in [2.45, 2.75) is 39.6 Å². The number of amides is 1. The molecule has 9 heteroatoms. The van der Waals surface area contributed by atoms with Crippen LogP contribution in [-0.4, -0.2) is 36.1 Å². The maximum atomic E-state index is 12.4. The molecule has 9 nitrogen and oxygen atoms in total. The Bertz CT molecular complexity index is 910. The average Bonchev–Trinajstić information content (AvgIpc) is 2.72. The van der Waals surface area contributed by atoms with Crippen LogP contribution in [0.1, 0.15) is 36.7 Å².